The number of hydrogen-bond acceptors (Lipinski definition) is 5. The number of ether oxygens (including phenoxy) is 1. The number of carbonyl (C=O) groups is 1. The van der Waals surface area contributed by atoms with Gasteiger partial charge >= 0.3 is 6.03 Å². The molecule has 2 fully saturated rings. The first-order valence-corrected chi connectivity index (χ1v) is 9.08. The molecule has 7 heteroatoms. The highest BCUT2D eigenvalue weighted by molar-refractivity contribution is 7.09. The van der Waals surface area contributed by atoms with Crippen LogP contribution in [0.4, 0.5) is 4.79 Å². The summed E-state index contributed by atoms with van der Waals surface area (Å²) in [6, 6.07) is 0.200. The van der Waals surface area contributed by atoms with Crippen LogP contribution in [-0.2, 0) is 11.3 Å². The third kappa shape index (κ3) is 3.84. The molecule has 2 atom stereocenters. The number of thiazole rings is 1. The second-order valence-corrected chi connectivity index (χ2v) is 7.83. The van der Waals surface area contributed by atoms with E-state index in [4.69, 9.17) is 4.74 Å². The number of likely N-dealkylation sites (tertiary alicyclic amines) is 1. The second-order valence-electron chi connectivity index (χ2n) is 6.89. The fourth-order valence-electron chi connectivity index (χ4n) is 3.48. The van der Waals surface area contributed by atoms with Crippen molar-refractivity contribution in [2.24, 2.45) is 0 Å². The molecule has 1 spiro atoms. The lowest BCUT2D eigenvalue weighted by Gasteiger charge is -2.38. The van der Waals surface area contributed by atoms with Crippen LogP contribution in [0.2, 0.25) is 0 Å². The molecule has 1 N–H and O–H groups in total. The molecule has 3 heterocycles. The summed E-state index contributed by atoms with van der Waals surface area (Å²) in [6.45, 7) is 5.74. The lowest BCUT2D eigenvalue weighted by atomic mass is 9.89. The van der Waals surface area contributed by atoms with Gasteiger partial charge in [0, 0.05) is 51.3 Å². The van der Waals surface area contributed by atoms with Gasteiger partial charge in [-0.1, -0.05) is 0 Å². The van der Waals surface area contributed by atoms with E-state index >= 15 is 0 Å². The molecule has 3 rings (SSSR count). The summed E-state index contributed by atoms with van der Waals surface area (Å²) in [5, 5.41) is 3.12. The zero-order chi connectivity index (χ0) is 16.4. The second kappa shape index (κ2) is 6.75. The van der Waals surface area contributed by atoms with Gasteiger partial charge in [-0.2, -0.15) is 0 Å². The number of carbonyl (C=O) groups excluding carboxylic acids is 1. The van der Waals surface area contributed by atoms with Crippen molar-refractivity contribution < 1.29 is 9.53 Å². The minimum absolute atomic E-state index is 0.0119. The molecule has 23 heavy (non-hydrogen) atoms. The highest BCUT2D eigenvalue weighted by Crippen LogP contribution is 2.35. The number of hydrogen-bond donors (Lipinski definition) is 1. The molecular formula is C16H26N4O2S. The Morgan fingerprint density at radius 3 is 3.13 bits per heavy atom. The van der Waals surface area contributed by atoms with Crippen molar-refractivity contribution in [1.82, 2.24) is 20.1 Å². The molecule has 2 aliphatic rings. The van der Waals surface area contributed by atoms with Crippen LogP contribution in [-0.4, -0.2) is 66.2 Å². The molecule has 2 saturated heterocycles. The van der Waals surface area contributed by atoms with Crippen LogP contribution in [0.15, 0.2) is 5.51 Å². The Morgan fingerprint density at radius 1 is 1.61 bits per heavy atom. The topological polar surface area (TPSA) is 57.7 Å². The standard InChI is InChI=1S/C16H26N4O2S/c1-12-14(23-11-17-12)9-20-6-5-16(10-20)8-13(4-7-22-16)18-15(21)19(2)3/h11,13H,4-10H2,1-3H3,(H,18,21)/t13-,16+/m0/s1. The zero-order valence-corrected chi connectivity index (χ0v) is 15.0. The summed E-state index contributed by atoms with van der Waals surface area (Å²) >= 11 is 1.73. The predicted octanol–water partition coefficient (Wildman–Crippen LogP) is 1.85. The van der Waals surface area contributed by atoms with E-state index in [-0.39, 0.29) is 17.7 Å². The number of aryl methyl sites for hydroxylation is 1. The number of rotatable bonds is 3. The lowest BCUT2D eigenvalue weighted by Crippen LogP contribution is -2.51. The lowest BCUT2D eigenvalue weighted by molar-refractivity contribution is -0.0792. The highest BCUT2D eigenvalue weighted by atomic mass is 32.1. The van der Waals surface area contributed by atoms with Crippen molar-refractivity contribution in [2.45, 2.75) is 44.4 Å². The number of urea groups is 1. The van der Waals surface area contributed by atoms with Crippen molar-refractivity contribution in [3.05, 3.63) is 16.1 Å². The van der Waals surface area contributed by atoms with Gasteiger partial charge < -0.3 is 15.0 Å². The Bertz CT molecular complexity index is 562. The van der Waals surface area contributed by atoms with Crippen LogP contribution in [0.1, 0.15) is 29.8 Å². The van der Waals surface area contributed by atoms with Crippen molar-refractivity contribution in [2.75, 3.05) is 33.8 Å². The van der Waals surface area contributed by atoms with Gasteiger partial charge in [-0.05, 0) is 26.2 Å². The molecule has 0 saturated carbocycles. The smallest absolute Gasteiger partial charge is 0.317 e. The summed E-state index contributed by atoms with van der Waals surface area (Å²) in [4.78, 5) is 21.6. The van der Waals surface area contributed by atoms with E-state index in [0.717, 1.165) is 51.2 Å². The minimum Gasteiger partial charge on any atom is -0.373 e. The van der Waals surface area contributed by atoms with Gasteiger partial charge in [-0.25, -0.2) is 9.78 Å². The van der Waals surface area contributed by atoms with Crippen molar-refractivity contribution >= 4 is 17.4 Å². The summed E-state index contributed by atoms with van der Waals surface area (Å²) in [7, 11) is 3.55. The molecule has 6 nitrogen and oxygen atoms in total. The summed E-state index contributed by atoms with van der Waals surface area (Å²) < 4.78 is 6.16. The Hall–Kier alpha value is -1.18. The van der Waals surface area contributed by atoms with Gasteiger partial charge in [0.2, 0.25) is 0 Å². The van der Waals surface area contributed by atoms with Gasteiger partial charge in [0.1, 0.15) is 0 Å². The normalized spacial score (nSPS) is 28.2. The largest absolute Gasteiger partial charge is 0.373 e. The van der Waals surface area contributed by atoms with E-state index in [0.29, 0.717) is 0 Å². The van der Waals surface area contributed by atoms with Crippen molar-refractivity contribution in [3.63, 3.8) is 0 Å². The molecular weight excluding hydrogens is 312 g/mol. The fraction of sp³-hybridized carbons (Fsp3) is 0.750. The number of amides is 2. The van der Waals surface area contributed by atoms with E-state index in [1.165, 1.54) is 4.88 Å². The summed E-state index contributed by atoms with van der Waals surface area (Å²) in [5.41, 5.74) is 2.96. The van der Waals surface area contributed by atoms with Crippen LogP contribution in [0.5, 0.6) is 0 Å². The molecule has 0 radical (unpaired) electrons. The molecule has 0 bridgehead atoms. The van der Waals surface area contributed by atoms with Crippen LogP contribution >= 0.6 is 11.3 Å². The van der Waals surface area contributed by atoms with E-state index < -0.39 is 0 Å². The highest BCUT2D eigenvalue weighted by Gasteiger charge is 2.43. The maximum atomic E-state index is 11.9. The number of nitrogens with zero attached hydrogens (tertiary/aromatic N) is 3. The predicted molar refractivity (Wildman–Crippen MR) is 90.7 cm³/mol. The first-order chi connectivity index (χ1) is 11.0. The maximum absolute atomic E-state index is 11.9. The minimum atomic E-state index is -0.0961. The van der Waals surface area contributed by atoms with E-state index in [1.807, 2.05) is 5.51 Å². The molecule has 128 valence electrons. The van der Waals surface area contributed by atoms with Crippen LogP contribution in [0.25, 0.3) is 0 Å². The first-order valence-electron chi connectivity index (χ1n) is 8.20. The molecule has 0 aliphatic carbocycles. The molecule has 1 aromatic heterocycles. The van der Waals surface area contributed by atoms with Crippen molar-refractivity contribution in [3.8, 4) is 0 Å². The average Bonchev–Trinajstić information content (AvgIpc) is 3.07. The average molecular weight is 338 g/mol. The maximum Gasteiger partial charge on any atom is 0.317 e. The van der Waals surface area contributed by atoms with E-state index in [2.05, 4.69) is 22.1 Å². The monoisotopic (exact) mass is 338 g/mol. The molecule has 0 aromatic carbocycles. The van der Waals surface area contributed by atoms with Gasteiger partial charge in [0.15, 0.2) is 0 Å². The molecule has 1 aromatic rings. The Balaban J connectivity index is 1.57. The van der Waals surface area contributed by atoms with E-state index in [9.17, 15) is 4.79 Å². The Labute approximate surface area is 141 Å². The molecule has 2 aliphatic heterocycles. The molecule has 0 unspecified atom stereocenters. The van der Waals surface area contributed by atoms with Crippen LogP contribution in [0.3, 0.4) is 0 Å². The van der Waals surface area contributed by atoms with Crippen LogP contribution < -0.4 is 5.32 Å². The SMILES string of the molecule is Cc1ncsc1CN1CC[C@@]2(C[C@@H](NC(=O)N(C)C)CCO2)C1. The quantitative estimate of drug-likeness (QED) is 0.914. The number of nitrogens with one attached hydrogen (secondary N) is 1. The van der Waals surface area contributed by atoms with Gasteiger partial charge in [-0.3, -0.25) is 4.90 Å². The Morgan fingerprint density at radius 2 is 2.43 bits per heavy atom. The fourth-order valence-corrected chi connectivity index (χ4v) is 4.30. The number of aromatic nitrogens is 1. The summed E-state index contributed by atoms with van der Waals surface area (Å²) in [6.07, 6.45) is 2.85. The van der Waals surface area contributed by atoms with Gasteiger partial charge in [0.25, 0.3) is 0 Å². The first kappa shape index (κ1) is 16.7. The third-order valence-electron chi connectivity index (χ3n) is 4.83. The summed E-state index contributed by atoms with van der Waals surface area (Å²) in [5.74, 6) is 0. The van der Waals surface area contributed by atoms with Gasteiger partial charge in [-0.15, -0.1) is 11.3 Å². The molecule has 2 amide bonds. The third-order valence-corrected chi connectivity index (χ3v) is 5.75. The van der Waals surface area contributed by atoms with E-state index in [1.54, 1.807) is 30.3 Å². The van der Waals surface area contributed by atoms with Crippen LogP contribution in [0, 0.1) is 6.92 Å². The van der Waals surface area contributed by atoms with Crippen molar-refractivity contribution in [1.29, 1.82) is 0 Å². The van der Waals surface area contributed by atoms with Gasteiger partial charge in [0.05, 0.1) is 16.8 Å². The Kier molecular flexibility index (Phi) is 4.89. The zero-order valence-electron chi connectivity index (χ0n) is 14.2.